The van der Waals surface area contributed by atoms with Crippen molar-refractivity contribution in [3.8, 4) is 0 Å². The van der Waals surface area contributed by atoms with Crippen LogP contribution in [-0.2, 0) is 19.1 Å². The Kier molecular flexibility index (Phi) is 36.4. The van der Waals surface area contributed by atoms with E-state index >= 15 is 0 Å². The van der Waals surface area contributed by atoms with Crippen molar-refractivity contribution in [3.05, 3.63) is 60.8 Å². The van der Waals surface area contributed by atoms with Gasteiger partial charge in [-0.15, -0.1) is 0 Å². The van der Waals surface area contributed by atoms with Crippen LogP contribution in [0.1, 0.15) is 168 Å². The number of aliphatic hydroxyl groups excluding tert-OH is 4. The second-order valence-corrected chi connectivity index (χ2v) is 14.0. The molecule has 0 fully saturated rings. The van der Waals surface area contributed by atoms with Crippen molar-refractivity contribution >= 4 is 11.9 Å². The highest BCUT2D eigenvalue weighted by Gasteiger charge is 2.15. The summed E-state index contributed by atoms with van der Waals surface area (Å²) in [5, 5.41) is 40.1. The van der Waals surface area contributed by atoms with E-state index in [1.165, 1.54) is 102 Å². The monoisotopic (exact) mass is 733 g/mol. The average Bonchev–Trinajstić information content (AvgIpc) is 3.13. The Morgan fingerprint density at radius 3 is 1.42 bits per heavy atom. The maximum atomic E-state index is 12.0. The van der Waals surface area contributed by atoms with Crippen molar-refractivity contribution in [1.29, 1.82) is 0 Å². The molecule has 0 aromatic carbocycles. The molecule has 8 nitrogen and oxygen atoms in total. The predicted octanol–water partition coefficient (Wildman–Crippen LogP) is 9.70. The fourth-order valence-electron chi connectivity index (χ4n) is 5.60. The molecule has 0 aliphatic carbocycles. The smallest absolute Gasteiger partial charge is 0.305 e. The molecule has 0 aliphatic rings. The van der Waals surface area contributed by atoms with Gasteiger partial charge in [-0.1, -0.05) is 184 Å². The molecule has 0 saturated carbocycles. The molecule has 4 N–H and O–H groups in total. The summed E-state index contributed by atoms with van der Waals surface area (Å²) in [5.74, 6) is -0.884. The summed E-state index contributed by atoms with van der Waals surface area (Å²) in [5.41, 5.74) is 0. The van der Waals surface area contributed by atoms with E-state index in [0.717, 1.165) is 25.7 Å². The van der Waals surface area contributed by atoms with E-state index in [0.29, 0.717) is 19.3 Å². The molecule has 0 unspecified atom stereocenters. The second-order valence-electron chi connectivity index (χ2n) is 14.0. The summed E-state index contributed by atoms with van der Waals surface area (Å²) >= 11 is 0. The molecule has 0 aliphatic heterocycles. The van der Waals surface area contributed by atoms with Crippen LogP contribution in [0.2, 0.25) is 0 Å². The molecule has 0 bridgehead atoms. The lowest BCUT2D eigenvalue weighted by Gasteiger charge is -2.14. The number of ether oxygens (including phenoxy) is 2. The van der Waals surface area contributed by atoms with Gasteiger partial charge in [-0.05, 0) is 32.1 Å². The molecule has 52 heavy (non-hydrogen) atoms. The van der Waals surface area contributed by atoms with Crippen LogP contribution in [0.4, 0.5) is 0 Å². The molecule has 8 heteroatoms. The fourth-order valence-corrected chi connectivity index (χ4v) is 5.60. The van der Waals surface area contributed by atoms with E-state index < -0.39 is 30.4 Å². The highest BCUT2D eigenvalue weighted by molar-refractivity contribution is 5.69. The Bertz CT molecular complexity index is 969. The van der Waals surface area contributed by atoms with Gasteiger partial charge in [0.1, 0.15) is 19.3 Å². The van der Waals surface area contributed by atoms with Crippen LogP contribution in [0.5, 0.6) is 0 Å². The first-order valence-electron chi connectivity index (χ1n) is 20.7. The molecule has 0 radical (unpaired) electrons. The number of allylic oxidation sites excluding steroid dienone is 7. The topological polar surface area (TPSA) is 134 Å². The van der Waals surface area contributed by atoms with E-state index in [4.69, 9.17) is 9.47 Å². The first-order valence-corrected chi connectivity index (χ1v) is 20.7. The summed E-state index contributed by atoms with van der Waals surface area (Å²) in [6.07, 6.45) is 39.5. The molecule has 0 saturated heterocycles. The van der Waals surface area contributed by atoms with Crippen LogP contribution in [-0.4, -0.2) is 70.0 Å². The highest BCUT2D eigenvalue weighted by Crippen LogP contribution is 2.15. The summed E-state index contributed by atoms with van der Waals surface area (Å²) in [4.78, 5) is 24.0. The van der Waals surface area contributed by atoms with Gasteiger partial charge < -0.3 is 29.9 Å². The SMILES string of the molecule is CC/C=C\C[C@@H](O)/C=C/C=C/C=C\C=C/[C@H](O)[C@@H](O)CCCC(=O)OC[C@@H](O)COC(=O)CCCCCCCCCCCCCCCCCCCC. The fraction of sp³-hybridized carbons (Fsp3) is 0.727. The van der Waals surface area contributed by atoms with E-state index in [9.17, 15) is 30.0 Å². The molecular weight excluding hydrogens is 656 g/mol. The molecule has 4 atom stereocenters. The first-order chi connectivity index (χ1) is 25.3. The number of rotatable bonds is 36. The van der Waals surface area contributed by atoms with E-state index in [-0.39, 0.29) is 32.0 Å². The maximum Gasteiger partial charge on any atom is 0.305 e. The van der Waals surface area contributed by atoms with Crippen molar-refractivity contribution in [3.63, 3.8) is 0 Å². The lowest BCUT2D eigenvalue weighted by molar-refractivity contribution is -0.152. The number of hydrogen-bond donors (Lipinski definition) is 4. The largest absolute Gasteiger partial charge is 0.463 e. The zero-order chi connectivity index (χ0) is 38.3. The van der Waals surface area contributed by atoms with Crippen LogP contribution in [0.15, 0.2) is 60.8 Å². The van der Waals surface area contributed by atoms with Gasteiger partial charge in [-0.2, -0.15) is 0 Å². The van der Waals surface area contributed by atoms with Crippen molar-refractivity contribution < 1.29 is 39.5 Å². The maximum absolute atomic E-state index is 12.0. The van der Waals surface area contributed by atoms with Gasteiger partial charge in [-0.3, -0.25) is 9.59 Å². The van der Waals surface area contributed by atoms with Crippen LogP contribution in [0.3, 0.4) is 0 Å². The Labute approximate surface area is 317 Å². The normalized spacial score (nSPS) is 14.7. The van der Waals surface area contributed by atoms with Crippen molar-refractivity contribution in [2.75, 3.05) is 13.2 Å². The number of aliphatic hydroxyl groups is 4. The third-order valence-electron chi connectivity index (χ3n) is 8.86. The van der Waals surface area contributed by atoms with Crippen LogP contribution < -0.4 is 0 Å². The first kappa shape index (κ1) is 49.5. The second kappa shape index (κ2) is 38.2. The number of hydrogen-bond acceptors (Lipinski definition) is 8. The van der Waals surface area contributed by atoms with Gasteiger partial charge in [0.15, 0.2) is 0 Å². The predicted molar refractivity (Wildman–Crippen MR) is 214 cm³/mol. The van der Waals surface area contributed by atoms with Crippen LogP contribution >= 0.6 is 0 Å². The molecule has 0 heterocycles. The van der Waals surface area contributed by atoms with E-state index in [1.54, 1.807) is 42.5 Å². The number of esters is 2. The molecule has 0 aromatic heterocycles. The van der Waals surface area contributed by atoms with Gasteiger partial charge in [-0.25, -0.2) is 0 Å². The van der Waals surface area contributed by atoms with Gasteiger partial charge in [0, 0.05) is 12.8 Å². The molecule has 0 amide bonds. The molecule has 300 valence electrons. The van der Waals surface area contributed by atoms with Crippen LogP contribution in [0.25, 0.3) is 0 Å². The lowest BCUT2D eigenvalue weighted by atomic mass is 10.0. The van der Waals surface area contributed by atoms with Gasteiger partial charge in [0.05, 0.1) is 18.3 Å². The minimum absolute atomic E-state index is 0.0289. The van der Waals surface area contributed by atoms with Crippen molar-refractivity contribution in [2.24, 2.45) is 0 Å². The highest BCUT2D eigenvalue weighted by atomic mass is 16.6. The quantitative estimate of drug-likeness (QED) is 0.0217. The molecule has 0 aromatic rings. The Hall–Kier alpha value is -2.52. The number of carbonyl (C=O) groups is 2. The third-order valence-corrected chi connectivity index (χ3v) is 8.86. The van der Waals surface area contributed by atoms with Crippen LogP contribution in [0, 0.1) is 0 Å². The minimum atomic E-state index is -1.09. The van der Waals surface area contributed by atoms with E-state index in [1.807, 2.05) is 19.1 Å². The standard InChI is InChI=1S/C44H76O8/c1-3-5-7-8-9-10-11-12-13-14-15-16-17-18-19-20-25-29-35-43(49)51-37-40(46)38-52-44(50)36-30-34-42(48)41(47)33-28-24-22-21-23-27-32-39(45)31-26-6-4-2/h6,21-24,26-28,32-33,39-42,45-48H,3-5,7-20,25,29-31,34-38H2,1-2H3/b23-21+,24-22-,26-6-,32-27+,33-28-/t39-,40+,41+,42+/m1/s1. The summed E-state index contributed by atoms with van der Waals surface area (Å²) < 4.78 is 10.2. The zero-order valence-corrected chi connectivity index (χ0v) is 32.9. The van der Waals surface area contributed by atoms with Crippen molar-refractivity contribution in [1.82, 2.24) is 0 Å². The molecule has 0 spiro atoms. The Morgan fingerprint density at radius 2 is 0.942 bits per heavy atom. The zero-order valence-electron chi connectivity index (χ0n) is 32.9. The number of unbranched alkanes of at least 4 members (excludes halogenated alkanes) is 17. The van der Waals surface area contributed by atoms with Gasteiger partial charge in [0.25, 0.3) is 0 Å². The average molecular weight is 733 g/mol. The minimum Gasteiger partial charge on any atom is -0.463 e. The summed E-state index contributed by atoms with van der Waals surface area (Å²) in [7, 11) is 0. The Balaban J connectivity index is 3.73. The summed E-state index contributed by atoms with van der Waals surface area (Å²) in [6, 6.07) is 0. The molecular formula is C44H76O8. The molecule has 0 rings (SSSR count). The van der Waals surface area contributed by atoms with Crippen molar-refractivity contribution in [2.45, 2.75) is 192 Å². The third kappa shape index (κ3) is 35.9. The van der Waals surface area contributed by atoms with Gasteiger partial charge >= 0.3 is 11.9 Å². The van der Waals surface area contributed by atoms with Gasteiger partial charge in [0.2, 0.25) is 0 Å². The van der Waals surface area contributed by atoms with E-state index in [2.05, 4.69) is 6.92 Å². The Morgan fingerprint density at radius 1 is 0.519 bits per heavy atom. The lowest BCUT2D eigenvalue weighted by Crippen LogP contribution is -2.26. The summed E-state index contributed by atoms with van der Waals surface area (Å²) in [6.45, 7) is 3.82. The number of carbonyl (C=O) groups excluding carboxylic acids is 2.